The molecule has 0 aliphatic heterocycles. The summed E-state index contributed by atoms with van der Waals surface area (Å²) in [6, 6.07) is 3.29. The van der Waals surface area contributed by atoms with E-state index in [0.717, 1.165) is 31.1 Å². The first-order valence-corrected chi connectivity index (χ1v) is 9.66. The minimum atomic E-state index is -4.94. The average molecular weight is 472 g/mol. The second-order valence-corrected chi connectivity index (χ2v) is 6.76. The summed E-state index contributed by atoms with van der Waals surface area (Å²) in [5, 5.41) is 18.9. The van der Waals surface area contributed by atoms with Crippen molar-refractivity contribution < 1.29 is 55.5 Å². The molecule has 0 fully saturated rings. The molecule has 2 N–H and O–H groups in total. The number of benzene rings is 1. The van der Waals surface area contributed by atoms with Crippen LogP contribution in [0.4, 0.5) is 26.3 Å². The second kappa shape index (κ2) is 11.1. The van der Waals surface area contributed by atoms with E-state index in [2.05, 4.69) is 9.47 Å². The standard InChI is InChI=1S/C20H22F6O6/c21-19(22,23)31-17-11-13(5-7-15(17)27)29-9-3-1-2-4-10-30-14-6-8-16(28)18(12-14)32-20(24,25)26/h5,7,11-12,27-28H,1-4,6,8-10H2. The summed E-state index contributed by atoms with van der Waals surface area (Å²) in [5.41, 5.74) is 0. The number of phenolic OH excluding ortho intramolecular Hbond substituents is 1. The zero-order chi connectivity index (χ0) is 23.8. The SMILES string of the molecule is OC1=C(OC(F)(F)F)C=C(OCCCCCCOc2ccc(O)c(OC(F)(F)F)c2)CC1. The molecule has 0 saturated heterocycles. The molecule has 0 unspecified atom stereocenters. The van der Waals surface area contributed by atoms with Crippen LogP contribution in [-0.4, -0.2) is 36.2 Å². The minimum Gasteiger partial charge on any atom is -0.508 e. The van der Waals surface area contributed by atoms with Crippen molar-refractivity contribution in [2.24, 2.45) is 0 Å². The maximum atomic E-state index is 12.3. The molecule has 0 bridgehead atoms. The first kappa shape index (κ1) is 25.3. The lowest BCUT2D eigenvalue weighted by Crippen LogP contribution is -2.17. The number of aliphatic hydroxyl groups excluding tert-OH is 1. The molecule has 0 amide bonds. The Morgan fingerprint density at radius 3 is 2.03 bits per heavy atom. The van der Waals surface area contributed by atoms with E-state index in [9.17, 15) is 36.6 Å². The Bertz CT molecular complexity index is 816. The van der Waals surface area contributed by atoms with Gasteiger partial charge in [-0.3, -0.25) is 0 Å². The zero-order valence-electron chi connectivity index (χ0n) is 16.8. The molecule has 1 aromatic carbocycles. The van der Waals surface area contributed by atoms with Crippen LogP contribution in [0.3, 0.4) is 0 Å². The summed E-state index contributed by atoms with van der Waals surface area (Å²) in [7, 11) is 0. The van der Waals surface area contributed by atoms with Crippen molar-refractivity contribution in [2.45, 2.75) is 51.2 Å². The Balaban J connectivity index is 1.63. The number of hydrogen-bond donors (Lipinski definition) is 2. The second-order valence-electron chi connectivity index (χ2n) is 6.76. The average Bonchev–Trinajstić information content (AvgIpc) is 2.66. The zero-order valence-corrected chi connectivity index (χ0v) is 16.8. The lowest BCUT2D eigenvalue weighted by atomic mass is 10.1. The van der Waals surface area contributed by atoms with Gasteiger partial charge in [-0.25, -0.2) is 0 Å². The number of phenols is 1. The van der Waals surface area contributed by atoms with Gasteiger partial charge in [0.2, 0.25) is 0 Å². The number of hydrogen-bond acceptors (Lipinski definition) is 6. The van der Waals surface area contributed by atoms with E-state index < -0.39 is 35.7 Å². The molecule has 2 rings (SSSR count). The van der Waals surface area contributed by atoms with Crippen LogP contribution in [0.1, 0.15) is 38.5 Å². The van der Waals surface area contributed by atoms with Gasteiger partial charge in [0.05, 0.1) is 13.2 Å². The first-order chi connectivity index (χ1) is 14.9. The van der Waals surface area contributed by atoms with Crippen LogP contribution in [0.2, 0.25) is 0 Å². The van der Waals surface area contributed by atoms with Gasteiger partial charge in [0.1, 0.15) is 17.3 Å². The maximum absolute atomic E-state index is 12.3. The first-order valence-electron chi connectivity index (χ1n) is 9.66. The number of aromatic hydroxyl groups is 1. The number of alkyl halides is 6. The Hall–Kier alpha value is -2.92. The smallest absolute Gasteiger partial charge is 0.508 e. The summed E-state index contributed by atoms with van der Waals surface area (Å²) >= 11 is 0. The Morgan fingerprint density at radius 1 is 0.781 bits per heavy atom. The summed E-state index contributed by atoms with van der Waals surface area (Å²) in [6.45, 7) is 0.493. The van der Waals surface area contributed by atoms with E-state index in [1.165, 1.54) is 6.07 Å². The van der Waals surface area contributed by atoms with Gasteiger partial charge in [0.15, 0.2) is 17.3 Å². The molecule has 180 valence electrons. The topological polar surface area (TPSA) is 77.4 Å². The van der Waals surface area contributed by atoms with Crippen molar-refractivity contribution in [1.29, 1.82) is 0 Å². The van der Waals surface area contributed by atoms with Crippen LogP contribution in [0, 0.1) is 0 Å². The highest BCUT2D eigenvalue weighted by Crippen LogP contribution is 2.34. The van der Waals surface area contributed by atoms with Crippen LogP contribution in [0.25, 0.3) is 0 Å². The molecule has 0 saturated carbocycles. The van der Waals surface area contributed by atoms with Crippen molar-refractivity contribution in [3.8, 4) is 17.2 Å². The van der Waals surface area contributed by atoms with Gasteiger partial charge in [-0.15, -0.1) is 26.3 Å². The number of halogens is 6. The van der Waals surface area contributed by atoms with E-state index in [-0.39, 0.29) is 37.6 Å². The van der Waals surface area contributed by atoms with Gasteiger partial charge in [0.25, 0.3) is 0 Å². The van der Waals surface area contributed by atoms with Crippen LogP contribution in [0.5, 0.6) is 17.2 Å². The lowest BCUT2D eigenvalue weighted by molar-refractivity contribution is -0.304. The highest BCUT2D eigenvalue weighted by atomic mass is 19.4. The third-order valence-electron chi connectivity index (χ3n) is 4.16. The summed E-state index contributed by atoms with van der Waals surface area (Å²) < 4.78 is 91.9. The summed E-state index contributed by atoms with van der Waals surface area (Å²) in [5.74, 6) is -2.17. The number of unbranched alkanes of at least 4 members (excludes halogenated alkanes) is 3. The van der Waals surface area contributed by atoms with Gasteiger partial charge >= 0.3 is 12.7 Å². The van der Waals surface area contributed by atoms with Gasteiger partial charge in [0, 0.05) is 25.0 Å². The van der Waals surface area contributed by atoms with Gasteiger partial charge in [-0.1, -0.05) is 0 Å². The Labute approximate surface area is 179 Å². The van der Waals surface area contributed by atoms with E-state index in [1.807, 2.05) is 0 Å². The fourth-order valence-corrected chi connectivity index (χ4v) is 2.74. The highest BCUT2D eigenvalue weighted by molar-refractivity contribution is 5.44. The third kappa shape index (κ3) is 9.48. The predicted octanol–water partition coefficient (Wildman–Crippen LogP) is 6.23. The van der Waals surface area contributed by atoms with E-state index in [4.69, 9.17) is 9.47 Å². The molecule has 12 heteroatoms. The van der Waals surface area contributed by atoms with Crippen LogP contribution in [0.15, 0.2) is 41.6 Å². The fraction of sp³-hybridized carbons (Fsp3) is 0.500. The lowest BCUT2D eigenvalue weighted by Gasteiger charge is -2.18. The monoisotopic (exact) mass is 472 g/mol. The van der Waals surface area contributed by atoms with Crippen molar-refractivity contribution in [2.75, 3.05) is 13.2 Å². The maximum Gasteiger partial charge on any atom is 0.573 e. The molecule has 6 nitrogen and oxygen atoms in total. The quantitative estimate of drug-likeness (QED) is 0.294. The fourth-order valence-electron chi connectivity index (χ4n) is 2.74. The number of ether oxygens (including phenoxy) is 4. The molecule has 32 heavy (non-hydrogen) atoms. The van der Waals surface area contributed by atoms with Gasteiger partial charge in [-0.05, 0) is 37.8 Å². The number of allylic oxidation sites excluding steroid dienone is 3. The molecule has 0 aromatic heterocycles. The van der Waals surface area contributed by atoms with Crippen LogP contribution < -0.4 is 9.47 Å². The van der Waals surface area contributed by atoms with Gasteiger partial charge < -0.3 is 29.2 Å². The highest BCUT2D eigenvalue weighted by Gasteiger charge is 2.34. The molecular weight excluding hydrogens is 450 g/mol. The molecule has 1 aliphatic rings. The van der Waals surface area contributed by atoms with Crippen molar-refractivity contribution in [3.63, 3.8) is 0 Å². The van der Waals surface area contributed by atoms with Crippen LogP contribution in [-0.2, 0) is 9.47 Å². The van der Waals surface area contributed by atoms with Gasteiger partial charge in [-0.2, -0.15) is 0 Å². The molecule has 0 radical (unpaired) electrons. The normalized spacial score (nSPS) is 14.8. The number of aliphatic hydroxyl groups is 1. The third-order valence-corrected chi connectivity index (χ3v) is 4.16. The minimum absolute atomic E-state index is 0.0123. The van der Waals surface area contributed by atoms with Crippen LogP contribution >= 0.6 is 0 Å². The molecule has 0 heterocycles. The Morgan fingerprint density at radius 2 is 1.41 bits per heavy atom. The largest absolute Gasteiger partial charge is 0.573 e. The summed E-state index contributed by atoms with van der Waals surface area (Å²) in [4.78, 5) is 0. The molecular formula is C20H22F6O6. The Kier molecular flexibility index (Phi) is 8.79. The number of rotatable bonds is 11. The summed E-state index contributed by atoms with van der Waals surface area (Å²) in [6.07, 6.45) is -5.91. The molecule has 0 atom stereocenters. The predicted molar refractivity (Wildman–Crippen MR) is 98.8 cm³/mol. The molecule has 0 spiro atoms. The van der Waals surface area contributed by atoms with E-state index >= 15 is 0 Å². The van der Waals surface area contributed by atoms with E-state index in [0.29, 0.717) is 12.8 Å². The van der Waals surface area contributed by atoms with Crippen molar-refractivity contribution in [1.82, 2.24) is 0 Å². The molecule has 1 aromatic rings. The van der Waals surface area contributed by atoms with E-state index in [1.54, 1.807) is 0 Å². The van der Waals surface area contributed by atoms with Crippen molar-refractivity contribution in [3.05, 3.63) is 41.6 Å². The van der Waals surface area contributed by atoms with Crippen molar-refractivity contribution >= 4 is 0 Å². The molecule has 1 aliphatic carbocycles.